The fourth-order valence-electron chi connectivity index (χ4n) is 1.90. The van der Waals surface area contributed by atoms with Gasteiger partial charge in [0, 0.05) is 0 Å². The predicted octanol–water partition coefficient (Wildman–Crippen LogP) is 4.39. The van der Waals surface area contributed by atoms with E-state index < -0.39 is 5.60 Å². The minimum absolute atomic E-state index is 0.475. The van der Waals surface area contributed by atoms with Crippen LogP contribution in [0.4, 0.5) is 0 Å². The molecule has 0 aromatic rings. The molecule has 0 saturated heterocycles. The quantitative estimate of drug-likeness (QED) is 0.635. The molecular formula is C14H30O. The fraction of sp³-hybridized carbons (Fsp3) is 1.00. The summed E-state index contributed by atoms with van der Waals surface area (Å²) in [6, 6.07) is 0. The van der Waals surface area contributed by atoms with Crippen LogP contribution < -0.4 is 0 Å². The van der Waals surface area contributed by atoms with Crippen LogP contribution in [-0.4, -0.2) is 10.7 Å². The molecule has 0 aliphatic carbocycles. The first-order chi connectivity index (χ1) is 6.81. The molecule has 92 valence electrons. The zero-order valence-electron chi connectivity index (χ0n) is 11.3. The van der Waals surface area contributed by atoms with E-state index >= 15 is 0 Å². The lowest BCUT2D eigenvalue weighted by atomic mass is 9.93. The first-order valence-electron chi connectivity index (χ1n) is 6.53. The number of hydrogen-bond acceptors (Lipinski definition) is 1. The molecule has 0 spiro atoms. The molecule has 0 aliphatic rings. The van der Waals surface area contributed by atoms with Gasteiger partial charge in [-0.2, -0.15) is 0 Å². The molecule has 15 heavy (non-hydrogen) atoms. The third kappa shape index (κ3) is 11.9. The van der Waals surface area contributed by atoms with E-state index in [-0.39, 0.29) is 0 Å². The first kappa shape index (κ1) is 15.0. The SMILES string of the molecule is CC(C)CCCC(C)CCCC(C)(C)O. The van der Waals surface area contributed by atoms with Gasteiger partial charge in [-0.1, -0.05) is 52.9 Å². The summed E-state index contributed by atoms with van der Waals surface area (Å²) in [5.74, 6) is 1.67. The highest BCUT2D eigenvalue weighted by atomic mass is 16.3. The van der Waals surface area contributed by atoms with E-state index in [9.17, 15) is 5.11 Å². The summed E-state index contributed by atoms with van der Waals surface area (Å²) >= 11 is 0. The predicted molar refractivity (Wildman–Crippen MR) is 68.0 cm³/mol. The van der Waals surface area contributed by atoms with Crippen molar-refractivity contribution in [1.82, 2.24) is 0 Å². The van der Waals surface area contributed by atoms with Crippen LogP contribution in [0.1, 0.15) is 73.1 Å². The van der Waals surface area contributed by atoms with Gasteiger partial charge < -0.3 is 5.11 Å². The Bertz CT molecular complexity index is 144. The Morgan fingerprint density at radius 2 is 1.47 bits per heavy atom. The van der Waals surface area contributed by atoms with E-state index in [1.165, 1.54) is 25.7 Å². The third-order valence-electron chi connectivity index (χ3n) is 2.96. The Morgan fingerprint density at radius 1 is 0.933 bits per heavy atom. The van der Waals surface area contributed by atoms with Gasteiger partial charge in [-0.25, -0.2) is 0 Å². The lowest BCUT2D eigenvalue weighted by molar-refractivity contribution is 0.0669. The second-order valence-electron chi connectivity index (χ2n) is 6.13. The maximum atomic E-state index is 9.58. The van der Waals surface area contributed by atoms with E-state index in [2.05, 4.69) is 20.8 Å². The van der Waals surface area contributed by atoms with Crippen molar-refractivity contribution < 1.29 is 5.11 Å². The van der Waals surface area contributed by atoms with Crippen LogP contribution in [0, 0.1) is 11.8 Å². The van der Waals surface area contributed by atoms with Gasteiger partial charge in [0.15, 0.2) is 0 Å². The van der Waals surface area contributed by atoms with E-state index in [1.54, 1.807) is 0 Å². The van der Waals surface area contributed by atoms with Crippen molar-refractivity contribution in [2.75, 3.05) is 0 Å². The molecule has 1 unspecified atom stereocenters. The van der Waals surface area contributed by atoms with Crippen LogP contribution >= 0.6 is 0 Å². The summed E-state index contributed by atoms with van der Waals surface area (Å²) in [6.07, 6.45) is 7.43. The molecular weight excluding hydrogens is 184 g/mol. The first-order valence-corrected chi connectivity index (χ1v) is 6.53. The molecule has 0 bridgehead atoms. The summed E-state index contributed by atoms with van der Waals surface area (Å²) in [7, 11) is 0. The summed E-state index contributed by atoms with van der Waals surface area (Å²) < 4.78 is 0. The largest absolute Gasteiger partial charge is 0.390 e. The topological polar surface area (TPSA) is 20.2 Å². The summed E-state index contributed by atoms with van der Waals surface area (Å²) in [4.78, 5) is 0. The second kappa shape index (κ2) is 7.27. The third-order valence-corrected chi connectivity index (χ3v) is 2.96. The zero-order valence-corrected chi connectivity index (χ0v) is 11.3. The molecule has 0 aromatic carbocycles. The molecule has 0 aliphatic heterocycles. The maximum Gasteiger partial charge on any atom is 0.0591 e. The molecule has 0 saturated carbocycles. The molecule has 1 atom stereocenters. The smallest absolute Gasteiger partial charge is 0.0591 e. The number of hydrogen-bond donors (Lipinski definition) is 1. The van der Waals surface area contributed by atoms with E-state index in [1.807, 2.05) is 13.8 Å². The van der Waals surface area contributed by atoms with E-state index in [0.29, 0.717) is 0 Å². The van der Waals surface area contributed by atoms with Crippen molar-refractivity contribution in [3.05, 3.63) is 0 Å². The highest BCUT2D eigenvalue weighted by molar-refractivity contribution is 4.66. The second-order valence-corrected chi connectivity index (χ2v) is 6.13. The summed E-state index contributed by atoms with van der Waals surface area (Å²) in [6.45, 7) is 10.7. The Hall–Kier alpha value is -0.0400. The van der Waals surface area contributed by atoms with Gasteiger partial charge in [0.05, 0.1) is 5.60 Å². The molecule has 1 heteroatoms. The number of aliphatic hydroxyl groups is 1. The lowest BCUT2D eigenvalue weighted by Crippen LogP contribution is -2.18. The Labute approximate surface area is 96.3 Å². The van der Waals surface area contributed by atoms with E-state index in [4.69, 9.17) is 0 Å². The normalized spacial score (nSPS) is 14.6. The maximum absolute atomic E-state index is 9.58. The fourth-order valence-corrected chi connectivity index (χ4v) is 1.90. The number of rotatable bonds is 8. The zero-order chi connectivity index (χ0) is 11.9. The molecule has 0 amide bonds. The van der Waals surface area contributed by atoms with Gasteiger partial charge in [-0.15, -0.1) is 0 Å². The van der Waals surface area contributed by atoms with Gasteiger partial charge >= 0.3 is 0 Å². The van der Waals surface area contributed by atoms with E-state index in [0.717, 1.165) is 24.7 Å². The molecule has 0 aromatic heterocycles. The average molecular weight is 214 g/mol. The lowest BCUT2D eigenvalue weighted by Gasteiger charge is -2.18. The van der Waals surface area contributed by atoms with Gasteiger partial charge in [-0.05, 0) is 32.1 Å². The molecule has 1 nitrogen and oxygen atoms in total. The standard InChI is InChI=1S/C14H30O/c1-12(2)8-6-9-13(3)10-7-11-14(4,5)15/h12-13,15H,6-11H2,1-5H3. The molecule has 1 N–H and O–H groups in total. The summed E-state index contributed by atoms with van der Waals surface area (Å²) in [5, 5.41) is 9.58. The average Bonchev–Trinajstić information content (AvgIpc) is 2.00. The van der Waals surface area contributed by atoms with Crippen molar-refractivity contribution in [3.63, 3.8) is 0 Å². The van der Waals surface area contributed by atoms with Crippen molar-refractivity contribution in [1.29, 1.82) is 0 Å². The Kier molecular flexibility index (Phi) is 7.25. The van der Waals surface area contributed by atoms with Crippen LogP contribution in [0.3, 0.4) is 0 Å². The van der Waals surface area contributed by atoms with Crippen molar-refractivity contribution in [2.24, 2.45) is 11.8 Å². The molecule has 0 heterocycles. The van der Waals surface area contributed by atoms with Crippen LogP contribution in [0.5, 0.6) is 0 Å². The Morgan fingerprint density at radius 3 is 1.93 bits per heavy atom. The van der Waals surface area contributed by atoms with Gasteiger partial charge in [-0.3, -0.25) is 0 Å². The highest BCUT2D eigenvalue weighted by Crippen LogP contribution is 2.20. The van der Waals surface area contributed by atoms with Crippen molar-refractivity contribution in [3.8, 4) is 0 Å². The molecule has 0 rings (SSSR count). The minimum Gasteiger partial charge on any atom is -0.390 e. The van der Waals surface area contributed by atoms with Gasteiger partial charge in [0.2, 0.25) is 0 Å². The van der Waals surface area contributed by atoms with Crippen LogP contribution in [0.25, 0.3) is 0 Å². The summed E-state index contributed by atoms with van der Waals surface area (Å²) in [5.41, 5.74) is -0.475. The monoisotopic (exact) mass is 214 g/mol. The van der Waals surface area contributed by atoms with Crippen LogP contribution in [0.2, 0.25) is 0 Å². The van der Waals surface area contributed by atoms with Crippen LogP contribution in [0.15, 0.2) is 0 Å². The minimum atomic E-state index is -0.475. The molecule has 0 fully saturated rings. The van der Waals surface area contributed by atoms with Gasteiger partial charge in [0.25, 0.3) is 0 Å². The highest BCUT2D eigenvalue weighted by Gasteiger charge is 2.12. The van der Waals surface area contributed by atoms with Gasteiger partial charge in [0.1, 0.15) is 0 Å². The molecule has 0 radical (unpaired) electrons. The van der Waals surface area contributed by atoms with Crippen molar-refractivity contribution >= 4 is 0 Å². The van der Waals surface area contributed by atoms with Crippen molar-refractivity contribution in [2.45, 2.75) is 78.7 Å². The Balaban J connectivity index is 3.37. The van der Waals surface area contributed by atoms with Crippen LogP contribution in [-0.2, 0) is 0 Å².